The molecular weight excluding hydrogens is 260 g/mol. The van der Waals surface area contributed by atoms with Gasteiger partial charge in [0.15, 0.2) is 0 Å². The average Bonchev–Trinajstić information content (AvgIpc) is 2.37. The molecule has 0 saturated carbocycles. The van der Waals surface area contributed by atoms with Crippen LogP contribution < -0.4 is 10.6 Å². The van der Waals surface area contributed by atoms with Crippen molar-refractivity contribution in [1.29, 1.82) is 0 Å². The van der Waals surface area contributed by atoms with E-state index in [4.69, 9.17) is 4.74 Å². The molecule has 0 fully saturated rings. The van der Waals surface area contributed by atoms with Crippen LogP contribution in [0, 0.1) is 13.8 Å². The molecule has 6 heteroatoms. The lowest BCUT2D eigenvalue weighted by Crippen LogP contribution is -2.32. The van der Waals surface area contributed by atoms with Crippen molar-refractivity contribution in [1.82, 2.24) is 5.32 Å². The molecule has 1 aromatic rings. The summed E-state index contributed by atoms with van der Waals surface area (Å²) in [5.41, 5.74) is 1.95. The molecule has 20 heavy (non-hydrogen) atoms. The van der Waals surface area contributed by atoms with Gasteiger partial charge in [-0.1, -0.05) is 6.07 Å². The Morgan fingerprint density at radius 1 is 1.30 bits per heavy atom. The highest BCUT2D eigenvalue weighted by atomic mass is 16.5. The number of carbonyl (C=O) groups is 2. The number of hydrogen-bond donors (Lipinski definition) is 3. The summed E-state index contributed by atoms with van der Waals surface area (Å²) in [6.07, 6.45) is 0. The van der Waals surface area contributed by atoms with Crippen LogP contribution in [0.2, 0.25) is 0 Å². The largest absolute Gasteiger partial charge is 0.478 e. The zero-order chi connectivity index (χ0) is 15.1. The second-order valence-corrected chi connectivity index (χ2v) is 4.39. The maximum Gasteiger partial charge on any atom is 0.337 e. The van der Waals surface area contributed by atoms with Crippen LogP contribution >= 0.6 is 0 Å². The number of carboxylic acids is 1. The number of anilines is 1. The van der Waals surface area contributed by atoms with Crippen molar-refractivity contribution in [3.05, 3.63) is 28.8 Å². The number of carboxylic acid groups (broad SMARTS) is 1. The van der Waals surface area contributed by atoms with E-state index in [0.29, 0.717) is 31.0 Å². The van der Waals surface area contributed by atoms with Gasteiger partial charge in [-0.15, -0.1) is 0 Å². The third kappa shape index (κ3) is 4.55. The first-order valence-corrected chi connectivity index (χ1v) is 6.42. The van der Waals surface area contributed by atoms with Gasteiger partial charge in [0, 0.05) is 13.2 Å². The summed E-state index contributed by atoms with van der Waals surface area (Å²) in [7, 11) is 0. The lowest BCUT2D eigenvalue weighted by Gasteiger charge is -2.13. The molecular formula is C14H20N2O4. The van der Waals surface area contributed by atoms with Gasteiger partial charge >= 0.3 is 12.0 Å². The van der Waals surface area contributed by atoms with E-state index in [-0.39, 0.29) is 5.56 Å². The molecule has 2 amide bonds. The Morgan fingerprint density at radius 2 is 2.00 bits per heavy atom. The van der Waals surface area contributed by atoms with Gasteiger partial charge in [-0.3, -0.25) is 0 Å². The molecule has 110 valence electrons. The molecule has 3 N–H and O–H groups in total. The third-order valence-corrected chi connectivity index (χ3v) is 2.68. The number of rotatable bonds is 6. The van der Waals surface area contributed by atoms with Gasteiger partial charge in [0.1, 0.15) is 0 Å². The summed E-state index contributed by atoms with van der Waals surface area (Å²) < 4.78 is 5.10. The van der Waals surface area contributed by atoms with E-state index in [1.807, 2.05) is 19.9 Å². The Kier molecular flexibility index (Phi) is 5.99. The molecule has 0 aliphatic rings. The lowest BCUT2D eigenvalue weighted by atomic mass is 10.0. The summed E-state index contributed by atoms with van der Waals surface area (Å²) in [4.78, 5) is 22.9. The van der Waals surface area contributed by atoms with Crippen LogP contribution in [-0.2, 0) is 4.74 Å². The van der Waals surface area contributed by atoms with Crippen molar-refractivity contribution in [3.8, 4) is 0 Å². The highest BCUT2D eigenvalue weighted by molar-refractivity contribution is 6.01. The fourth-order valence-corrected chi connectivity index (χ4v) is 1.84. The first-order valence-electron chi connectivity index (χ1n) is 6.42. The maximum absolute atomic E-state index is 11.7. The fraction of sp³-hybridized carbons (Fsp3) is 0.429. The van der Waals surface area contributed by atoms with E-state index in [2.05, 4.69) is 10.6 Å². The number of urea groups is 1. The minimum Gasteiger partial charge on any atom is -0.478 e. The highest BCUT2D eigenvalue weighted by Gasteiger charge is 2.15. The summed E-state index contributed by atoms with van der Waals surface area (Å²) >= 11 is 0. The summed E-state index contributed by atoms with van der Waals surface area (Å²) in [5.74, 6) is -1.07. The fourth-order valence-electron chi connectivity index (χ4n) is 1.84. The first-order chi connectivity index (χ1) is 9.45. The second-order valence-electron chi connectivity index (χ2n) is 4.39. The lowest BCUT2D eigenvalue weighted by molar-refractivity contribution is 0.0698. The predicted octanol–water partition coefficient (Wildman–Crippen LogP) is 2.16. The van der Waals surface area contributed by atoms with Gasteiger partial charge < -0.3 is 20.5 Å². The van der Waals surface area contributed by atoms with Crippen LogP contribution in [0.15, 0.2) is 12.1 Å². The number of aromatic carboxylic acids is 1. The summed E-state index contributed by atoms with van der Waals surface area (Å²) in [5, 5.41) is 14.4. The van der Waals surface area contributed by atoms with Gasteiger partial charge in [0.05, 0.1) is 17.9 Å². The van der Waals surface area contributed by atoms with E-state index in [0.717, 1.165) is 5.56 Å². The molecule has 0 aliphatic carbocycles. The number of hydrogen-bond acceptors (Lipinski definition) is 3. The topological polar surface area (TPSA) is 87.7 Å². The minimum absolute atomic E-state index is 0.0856. The second kappa shape index (κ2) is 7.49. The molecule has 0 atom stereocenters. The zero-order valence-corrected chi connectivity index (χ0v) is 11.9. The Labute approximate surface area is 118 Å². The smallest absolute Gasteiger partial charge is 0.337 e. The number of carbonyl (C=O) groups excluding carboxylic acids is 1. The highest BCUT2D eigenvalue weighted by Crippen LogP contribution is 2.22. The summed E-state index contributed by atoms with van der Waals surface area (Å²) in [6, 6.07) is 2.91. The molecule has 0 unspecified atom stereocenters. The van der Waals surface area contributed by atoms with E-state index in [1.165, 1.54) is 6.07 Å². The molecule has 1 aromatic carbocycles. The zero-order valence-electron chi connectivity index (χ0n) is 11.9. The summed E-state index contributed by atoms with van der Waals surface area (Å²) in [6.45, 7) is 6.81. The number of ether oxygens (including phenoxy) is 1. The van der Waals surface area contributed by atoms with Crippen LogP contribution in [0.1, 0.15) is 28.4 Å². The molecule has 0 radical (unpaired) electrons. The van der Waals surface area contributed by atoms with Crippen molar-refractivity contribution in [3.63, 3.8) is 0 Å². The minimum atomic E-state index is -1.07. The van der Waals surface area contributed by atoms with Gasteiger partial charge in [0.2, 0.25) is 0 Å². The van der Waals surface area contributed by atoms with Crippen molar-refractivity contribution in [2.45, 2.75) is 20.8 Å². The molecule has 6 nitrogen and oxygen atoms in total. The normalized spacial score (nSPS) is 10.2. The van der Waals surface area contributed by atoms with Crippen LogP contribution in [0.25, 0.3) is 0 Å². The molecule has 0 bridgehead atoms. The average molecular weight is 280 g/mol. The number of nitrogens with one attached hydrogen (secondary N) is 2. The molecule has 0 spiro atoms. The van der Waals surface area contributed by atoms with Gasteiger partial charge in [0.25, 0.3) is 0 Å². The predicted molar refractivity (Wildman–Crippen MR) is 76.4 cm³/mol. The van der Waals surface area contributed by atoms with Gasteiger partial charge in [-0.05, 0) is 38.0 Å². The third-order valence-electron chi connectivity index (χ3n) is 2.68. The van der Waals surface area contributed by atoms with E-state index < -0.39 is 12.0 Å². The van der Waals surface area contributed by atoms with E-state index in [1.54, 1.807) is 6.92 Å². The van der Waals surface area contributed by atoms with Crippen LogP contribution in [0.4, 0.5) is 10.5 Å². The number of amides is 2. The SMILES string of the molecule is CCOCCNC(=O)Nc1c(C)cc(C)cc1C(=O)O. The maximum atomic E-state index is 11.7. The Morgan fingerprint density at radius 3 is 2.60 bits per heavy atom. The van der Waals surface area contributed by atoms with Crippen LogP contribution in [-0.4, -0.2) is 36.9 Å². The molecule has 0 aromatic heterocycles. The Balaban J connectivity index is 2.76. The molecule has 0 saturated heterocycles. The van der Waals surface area contributed by atoms with E-state index in [9.17, 15) is 14.7 Å². The van der Waals surface area contributed by atoms with Crippen LogP contribution in [0.5, 0.6) is 0 Å². The first kappa shape index (κ1) is 16.0. The quantitative estimate of drug-likeness (QED) is 0.697. The van der Waals surface area contributed by atoms with Gasteiger partial charge in [-0.25, -0.2) is 9.59 Å². The van der Waals surface area contributed by atoms with Crippen molar-refractivity contribution >= 4 is 17.7 Å². The van der Waals surface area contributed by atoms with Crippen molar-refractivity contribution in [2.24, 2.45) is 0 Å². The Hall–Kier alpha value is -2.08. The van der Waals surface area contributed by atoms with Crippen LogP contribution in [0.3, 0.4) is 0 Å². The van der Waals surface area contributed by atoms with Crippen molar-refractivity contribution < 1.29 is 19.4 Å². The molecule has 0 aliphatic heterocycles. The standard InChI is InChI=1S/C14H20N2O4/c1-4-20-6-5-15-14(19)16-12-10(3)7-9(2)8-11(12)13(17)18/h7-8H,4-6H2,1-3H3,(H,17,18)(H2,15,16,19). The monoisotopic (exact) mass is 280 g/mol. The number of benzene rings is 1. The van der Waals surface area contributed by atoms with E-state index >= 15 is 0 Å². The molecule has 1 rings (SSSR count). The Bertz CT molecular complexity index is 500. The van der Waals surface area contributed by atoms with Gasteiger partial charge in [-0.2, -0.15) is 0 Å². The van der Waals surface area contributed by atoms with Crippen molar-refractivity contribution in [2.75, 3.05) is 25.1 Å². The number of aryl methyl sites for hydroxylation is 2. The molecule has 0 heterocycles.